The lowest BCUT2D eigenvalue weighted by Crippen LogP contribution is -2.36. The molecule has 9 heteroatoms. The van der Waals surface area contributed by atoms with Crippen molar-refractivity contribution >= 4 is 23.5 Å². The Balaban J connectivity index is 1.57. The van der Waals surface area contributed by atoms with Gasteiger partial charge in [0.1, 0.15) is 31.1 Å². The summed E-state index contributed by atoms with van der Waals surface area (Å²) in [4.78, 5) is 47.8. The van der Waals surface area contributed by atoms with Gasteiger partial charge in [0.05, 0.1) is 10.5 Å². The summed E-state index contributed by atoms with van der Waals surface area (Å²) >= 11 is 0. The minimum atomic E-state index is -0.888. The molecular formula is C20H18N2O7. The predicted molar refractivity (Wildman–Crippen MR) is 101 cm³/mol. The van der Waals surface area contributed by atoms with Crippen LogP contribution in [0.4, 0.5) is 5.69 Å². The van der Waals surface area contributed by atoms with Crippen LogP contribution in [0.1, 0.15) is 31.8 Å². The number of fused-ring (bicyclic) bond motifs is 1. The highest BCUT2D eigenvalue weighted by Crippen LogP contribution is 2.30. The first-order valence-corrected chi connectivity index (χ1v) is 8.79. The van der Waals surface area contributed by atoms with E-state index in [2.05, 4.69) is 0 Å². The van der Waals surface area contributed by atoms with E-state index < -0.39 is 34.9 Å². The van der Waals surface area contributed by atoms with Gasteiger partial charge in [-0.1, -0.05) is 24.3 Å². The second kappa shape index (κ2) is 8.09. The third-order valence-corrected chi connectivity index (χ3v) is 4.46. The fourth-order valence-corrected chi connectivity index (χ4v) is 3.11. The van der Waals surface area contributed by atoms with Crippen molar-refractivity contribution in [2.75, 3.05) is 19.8 Å². The van der Waals surface area contributed by atoms with Crippen LogP contribution in [0, 0.1) is 24.0 Å². The van der Waals surface area contributed by atoms with Crippen molar-refractivity contribution < 1.29 is 28.8 Å². The SMILES string of the molecule is Cc1cccc(C)c1OCCOC(=O)CN1C(=O)c2cccc([N+](=O)[O-])c2C1=O. The van der Waals surface area contributed by atoms with Crippen molar-refractivity contribution in [3.05, 3.63) is 68.8 Å². The number of nitro groups is 1. The highest BCUT2D eigenvalue weighted by Gasteiger charge is 2.41. The van der Waals surface area contributed by atoms with Crippen LogP contribution < -0.4 is 4.74 Å². The van der Waals surface area contributed by atoms with Crippen LogP contribution in [-0.4, -0.2) is 47.4 Å². The molecule has 0 spiro atoms. The van der Waals surface area contributed by atoms with Gasteiger partial charge in [-0.15, -0.1) is 0 Å². The number of nitro benzene ring substituents is 1. The lowest BCUT2D eigenvalue weighted by atomic mass is 10.1. The minimum absolute atomic E-state index is 0.0735. The van der Waals surface area contributed by atoms with Gasteiger partial charge in [-0.05, 0) is 31.0 Å². The maximum absolute atomic E-state index is 12.4. The number of ether oxygens (including phenoxy) is 2. The zero-order valence-corrected chi connectivity index (χ0v) is 15.8. The Morgan fingerprint density at radius 1 is 1.03 bits per heavy atom. The number of rotatable bonds is 7. The minimum Gasteiger partial charge on any atom is -0.489 e. The van der Waals surface area contributed by atoms with Gasteiger partial charge in [-0.3, -0.25) is 29.4 Å². The topological polar surface area (TPSA) is 116 Å². The molecule has 9 nitrogen and oxygen atoms in total. The van der Waals surface area contributed by atoms with E-state index in [1.165, 1.54) is 12.1 Å². The smallest absolute Gasteiger partial charge is 0.326 e. The Bertz CT molecular complexity index is 996. The van der Waals surface area contributed by atoms with E-state index in [4.69, 9.17) is 9.47 Å². The van der Waals surface area contributed by atoms with Gasteiger partial charge in [-0.25, -0.2) is 0 Å². The first kappa shape index (κ1) is 20.0. The highest BCUT2D eigenvalue weighted by atomic mass is 16.6. The van der Waals surface area contributed by atoms with E-state index in [9.17, 15) is 24.5 Å². The van der Waals surface area contributed by atoms with Gasteiger partial charge in [0.15, 0.2) is 0 Å². The number of esters is 1. The van der Waals surface area contributed by atoms with Gasteiger partial charge >= 0.3 is 5.97 Å². The molecule has 0 aliphatic carbocycles. The molecule has 0 atom stereocenters. The predicted octanol–water partition coefficient (Wildman–Crippen LogP) is 2.43. The average Bonchev–Trinajstić information content (AvgIpc) is 2.92. The number of hydrogen-bond acceptors (Lipinski definition) is 7. The van der Waals surface area contributed by atoms with Gasteiger partial charge in [-0.2, -0.15) is 0 Å². The van der Waals surface area contributed by atoms with Gasteiger partial charge in [0, 0.05) is 6.07 Å². The summed E-state index contributed by atoms with van der Waals surface area (Å²) in [6, 6.07) is 9.47. The molecule has 3 rings (SSSR count). The van der Waals surface area contributed by atoms with Crippen LogP contribution in [0.2, 0.25) is 0 Å². The zero-order valence-electron chi connectivity index (χ0n) is 15.8. The van der Waals surface area contributed by atoms with Crippen molar-refractivity contribution in [1.29, 1.82) is 0 Å². The summed E-state index contributed by atoms with van der Waals surface area (Å²) in [6.07, 6.45) is 0. The van der Waals surface area contributed by atoms with Crippen LogP contribution in [0.25, 0.3) is 0 Å². The quantitative estimate of drug-likeness (QED) is 0.231. The lowest BCUT2D eigenvalue weighted by molar-refractivity contribution is -0.385. The number of benzene rings is 2. The molecule has 0 fully saturated rings. The summed E-state index contributed by atoms with van der Waals surface area (Å²) < 4.78 is 10.7. The van der Waals surface area contributed by atoms with Crippen LogP contribution in [0.3, 0.4) is 0 Å². The van der Waals surface area contributed by atoms with E-state index in [1.807, 2.05) is 32.0 Å². The molecule has 0 radical (unpaired) electrons. The van der Waals surface area contributed by atoms with Crippen molar-refractivity contribution in [2.24, 2.45) is 0 Å². The number of carbonyl (C=O) groups excluding carboxylic acids is 3. The van der Waals surface area contributed by atoms with E-state index >= 15 is 0 Å². The normalized spacial score (nSPS) is 12.7. The van der Waals surface area contributed by atoms with Crippen molar-refractivity contribution in [3.63, 3.8) is 0 Å². The van der Waals surface area contributed by atoms with Crippen molar-refractivity contribution in [3.8, 4) is 5.75 Å². The number of amides is 2. The van der Waals surface area contributed by atoms with Gasteiger partial charge < -0.3 is 9.47 Å². The maximum atomic E-state index is 12.4. The number of aryl methyl sites for hydroxylation is 2. The molecule has 1 aliphatic rings. The van der Waals surface area contributed by atoms with Gasteiger partial charge in [0.25, 0.3) is 17.5 Å². The summed E-state index contributed by atoms with van der Waals surface area (Å²) in [5, 5.41) is 11.1. The molecular weight excluding hydrogens is 380 g/mol. The monoisotopic (exact) mass is 398 g/mol. The van der Waals surface area contributed by atoms with E-state index in [0.717, 1.165) is 17.2 Å². The van der Waals surface area contributed by atoms with Crippen molar-refractivity contribution in [1.82, 2.24) is 4.90 Å². The summed E-state index contributed by atoms with van der Waals surface area (Å²) in [6.45, 7) is 3.19. The Labute approximate surface area is 166 Å². The average molecular weight is 398 g/mol. The second-order valence-corrected chi connectivity index (χ2v) is 6.44. The van der Waals surface area contributed by atoms with E-state index in [1.54, 1.807) is 0 Å². The third-order valence-electron chi connectivity index (χ3n) is 4.46. The molecule has 0 bridgehead atoms. The van der Waals surface area contributed by atoms with Crippen LogP contribution in [0.5, 0.6) is 5.75 Å². The van der Waals surface area contributed by atoms with Crippen LogP contribution in [-0.2, 0) is 9.53 Å². The number of nitrogens with zero attached hydrogens (tertiary/aromatic N) is 2. The Morgan fingerprint density at radius 3 is 2.34 bits per heavy atom. The van der Waals surface area contributed by atoms with Crippen molar-refractivity contribution in [2.45, 2.75) is 13.8 Å². The molecule has 0 saturated heterocycles. The van der Waals surface area contributed by atoms with Crippen LogP contribution >= 0.6 is 0 Å². The second-order valence-electron chi connectivity index (χ2n) is 6.44. The first-order valence-electron chi connectivity index (χ1n) is 8.79. The van der Waals surface area contributed by atoms with Gasteiger partial charge in [0.2, 0.25) is 0 Å². The number of carbonyl (C=O) groups is 3. The highest BCUT2D eigenvalue weighted by molar-refractivity contribution is 6.24. The zero-order chi connectivity index (χ0) is 21.1. The standard InChI is InChI=1S/C20H18N2O7/c1-12-5-3-6-13(2)18(12)29-10-9-28-16(23)11-21-19(24)14-7-4-8-15(22(26)27)17(14)20(21)25/h3-8H,9-11H2,1-2H3. The molecule has 2 amide bonds. The van der Waals surface area contributed by atoms with Crippen LogP contribution in [0.15, 0.2) is 36.4 Å². The largest absolute Gasteiger partial charge is 0.489 e. The third kappa shape index (κ3) is 3.93. The molecule has 0 unspecified atom stereocenters. The molecule has 0 aromatic heterocycles. The molecule has 2 aromatic rings. The number of imide groups is 1. The fraction of sp³-hybridized carbons (Fsp3) is 0.250. The maximum Gasteiger partial charge on any atom is 0.326 e. The molecule has 1 heterocycles. The lowest BCUT2D eigenvalue weighted by Gasteiger charge is -2.14. The van der Waals surface area contributed by atoms with E-state index in [-0.39, 0.29) is 24.3 Å². The molecule has 2 aromatic carbocycles. The summed E-state index contributed by atoms with van der Waals surface area (Å²) in [5.74, 6) is -1.76. The molecule has 29 heavy (non-hydrogen) atoms. The Kier molecular flexibility index (Phi) is 5.58. The molecule has 150 valence electrons. The number of para-hydroxylation sites is 1. The fourth-order valence-electron chi connectivity index (χ4n) is 3.11. The Morgan fingerprint density at radius 2 is 1.69 bits per heavy atom. The molecule has 0 saturated carbocycles. The Hall–Kier alpha value is -3.75. The molecule has 0 N–H and O–H groups in total. The van der Waals surface area contributed by atoms with E-state index in [0.29, 0.717) is 10.6 Å². The summed E-state index contributed by atoms with van der Waals surface area (Å²) in [5.41, 5.74) is 1.01. The first-order chi connectivity index (χ1) is 13.8. The summed E-state index contributed by atoms with van der Waals surface area (Å²) in [7, 11) is 0. The number of hydrogen-bond donors (Lipinski definition) is 0. The molecule has 1 aliphatic heterocycles.